The molecule has 3 aromatic rings. The summed E-state index contributed by atoms with van der Waals surface area (Å²) in [5, 5.41) is 9.81. The van der Waals surface area contributed by atoms with Crippen LogP contribution in [0, 0.1) is 6.92 Å². The second-order valence-corrected chi connectivity index (χ2v) is 7.91. The van der Waals surface area contributed by atoms with Crippen molar-refractivity contribution in [2.75, 3.05) is 33.4 Å². The summed E-state index contributed by atoms with van der Waals surface area (Å²) in [6, 6.07) is 11.8. The Labute approximate surface area is 185 Å². The fraction of sp³-hybridized carbons (Fsp3) is 0.304. The van der Waals surface area contributed by atoms with Gasteiger partial charge in [0.05, 0.1) is 45.9 Å². The molecule has 1 aliphatic heterocycles. The molecule has 7 nitrogen and oxygen atoms in total. The molecular weight excluding hydrogens is 414 g/mol. The lowest BCUT2D eigenvalue weighted by atomic mass is 9.97. The van der Waals surface area contributed by atoms with Crippen molar-refractivity contribution in [1.82, 2.24) is 4.98 Å². The van der Waals surface area contributed by atoms with Crippen LogP contribution in [0.3, 0.4) is 0 Å². The van der Waals surface area contributed by atoms with Crippen molar-refractivity contribution in [3.05, 3.63) is 58.6 Å². The molecule has 0 fully saturated rings. The molecule has 1 aliphatic rings. The number of rotatable bonds is 7. The number of nitrogens with zero attached hydrogens (tertiary/aromatic N) is 3. The Morgan fingerprint density at radius 2 is 1.71 bits per heavy atom. The van der Waals surface area contributed by atoms with Crippen LogP contribution in [0.2, 0.25) is 0 Å². The Morgan fingerprint density at radius 3 is 2.29 bits per heavy atom. The lowest BCUT2D eigenvalue weighted by Gasteiger charge is -2.23. The predicted molar refractivity (Wildman–Crippen MR) is 122 cm³/mol. The summed E-state index contributed by atoms with van der Waals surface area (Å²) in [7, 11) is 6.51. The van der Waals surface area contributed by atoms with Crippen molar-refractivity contribution < 1.29 is 18.9 Å². The molecule has 0 saturated carbocycles. The Bertz CT molecular complexity index is 1090. The van der Waals surface area contributed by atoms with Crippen LogP contribution in [0.4, 0.5) is 5.13 Å². The number of thiazole rings is 1. The molecule has 0 unspecified atom stereocenters. The van der Waals surface area contributed by atoms with Crippen molar-refractivity contribution in [2.24, 2.45) is 5.10 Å². The van der Waals surface area contributed by atoms with Crippen molar-refractivity contribution in [2.45, 2.75) is 19.4 Å². The van der Waals surface area contributed by atoms with Crippen LogP contribution in [0.25, 0.3) is 0 Å². The quantitative estimate of drug-likeness (QED) is 0.525. The van der Waals surface area contributed by atoms with E-state index in [0.717, 1.165) is 33.4 Å². The van der Waals surface area contributed by atoms with Crippen LogP contribution in [-0.2, 0) is 0 Å². The zero-order valence-corrected chi connectivity index (χ0v) is 19.0. The number of aromatic nitrogens is 1. The predicted octanol–water partition coefficient (Wildman–Crippen LogP) is 4.84. The van der Waals surface area contributed by atoms with Gasteiger partial charge < -0.3 is 18.9 Å². The van der Waals surface area contributed by atoms with Gasteiger partial charge in [-0.15, -0.1) is 11.3 Å². The van der Waals surface area contributed by atoms with E-state index in [1.165, 1.54) is 0 Å². The van der Waals surface area contributed by atoms with Crippen LogP contribution in [0.1, 0.15) is 29.3 Å². The van der Waals surface area contributed by atoms with E-state index in [1.807, 2.05) is 53.7 Å². The van der Waals surface area contributed by atoms with Gasteiger partial charge in [0.15, 0.2) is 11.5 Å². The molecule has 2 aromatic carbocycles. The van der Waals surface area contributed by atoms with E-state index < -0.39 is 0 Å². The first-order chi connectivity index (χ1) is 15.1. The normalized spacial score (nSPS) is 15.6. The zero-order valence-electron chi connectivity index (χ0n) is 18.2. The molecule has 0 bridgehead atoms. The Morgan fingerprint density at radius 1 is 0.968 bits per heavy atom. The Balaban J connectivity index is 1.79. The maximum atomic E-state index is 5.58. The molecule has 0 saturated heterocycles. The molecule has 4 rings (SSSR count). The van der Waals surface area contributed by atoms with E-state index in [9.17, 15) is 0 Å². The summed E-state index contributed by atoms with van der Waals surface area (Å²) in [5.41, 5.74) is 3.95. The second-order valence-electron chi connectivity index (χ2n) is 7.07. The van der Waals surface area contributed by atoms with Crippen LogP contribution >= 0.6 is 11.3 Å². The molecule has 0 aliphatic carbocycles. The zero-order chi connectivity index (χ0) is 22.0. The summed E-state index contributed by atoms with van der Waals surface area (Å²) in [5.74, 6) is 2.59. The van der Waals surface area contributed by atoms with Gasteiger partial charge in [0, 0.05) is 17.4 Å². The van der Waals surface area contributed by atoms with Crippen molar-refractivity contribution >= 4 is 22.2 Å². The molecule has 2 heterocycles. The molecule has 1 atom stereocenters. The molecule has 0 spiro atoms. The summed E-state index contributed by atoms with van der Waals surface area (Å²) in [4.78, 5) is 4.67. The maximum absolute atomic E-state index is 5.58. The smallest absolute Gasteiger partial charge is 0.206 e. The Kier molecular flexibility index (Phi) is 5.99. The highest BCUT2D eigenvalue weighted by Crippen LogP contribution is 2.44. The van der Waals surface area contributed by atoms with Gasteiger partial charge in [-0.2, -0.15) is 5.10 Å². The number of aryl methyl sites for hydroxylation is 1. The fourth-order valence-electron chi connectivity index (χ4n) is 3.66. The molecule has 0 amide bonds. The molecule has 8 heteroatoms. The lowest BCUT2D eigenvalue weighted by Crippen LogP contribution is -2.18. The van der Waals surface area contributed by atoms with Gasteiger partial charge in [0.1, 0.15) is 5.75 Å². The highest BCUT2D eigenvalue weighted by molar-refractivity contribution is 7.13. The standard InChI is InChI=1S/C23H25N3O4S/c1-14-13-31-23(24-14)26-19(12-18(25-26)15-7-6-8-17(9-15)27-2)16-10-20(28-3)22(30-5)21(11-16)29-4/h6-11,13,19H,12H2,1-5H3/t19-/m0/s1. The van der Waals surface area contributed by atoms with Crippen molar-refractivity contribution in [3.63, 3.8) is 0 Å². The van der Waals surface area contributed by atoms with Gasteiger partial charge in [0.2, 0.25) is 10.9 Å². The van der Waals surface area contributed by atoms with Gasteiger partial charge in [-0.05, 0) is 36.8 Å². The number of benzene rings is 2. The summed E-state index contributed by atoms with van der Waals surface area (Å²) in [6.45, 7) is 1.98. The molecule has 1 aromatic heterocycles. The van der Waals surface area contributed by atoms with Crippen LogP contribution in [0.15, 0.2) is 46.9 Å². The highest BCUT2D eigenvalue weighted by atomic mass is 32.1. The first-order valence-corrected chi connectivity index (χ1v) is 10.7. The third kappa shape index (κ3) is 4.03. The van der Waals surface area contributed by atoms with Gasteiger partial charge in [0.25, 0.3) is 0 Å². The third-order valence-corrected chi connectivity index (χ3v) is 6.14. The summed E-state index contributed by atoms with van der Waals surface area (Å²) < 4.78 is 22.0. The molecule has 31 heavy (non-hydrogen) atoms. The number of ether oxygens (including phenoxy) is 4. The summed E-state index contributed by atoms with van der Waals surface area (Å²) in [6.07, 6.45) is 0.699. The molecular formula is C23H25N3O4S. The monoisotopic (exact) mass is 439 g/mol. The summed E-state index contributed by atoms with van der Waals surface area (Å²) >= 11 is 1.57. The Hall–Kier alpha value is -3.26. The van der Waals surface area contributed by atoms with E-state index in [1.54, 1.807) is 39.8 Å². The lowest BCUT2D eigenvalue weighted by molar-refractivity contribution is 0.323. The number of hydrazone groups is 1. The van der Waals surface area contributed by atoms with Crippen molar-refractivity contribution in [1.29, 1.82) is 0 Å². The van der Waals surface area contributed by atoms with Gasteiger partial charge in [-0.1, -0.05) is 12.1 Å². The third-order valence-electron chi connectivity index (χ3n) is 5.19. The number of methoxy groups -OCH3 is 4. The minimum Gasteiger partial charge on any atom is -0.497 e. The second kappa shape index (κ2) is 8.85. The van der Waals surface area contributed by atoms with Gasteiger partial charge in [-0.25, -0.2) is 9.99 Å². The molecule has 0 N–H and O–H groups in total. The van der Waals surface area contributed by atoms with Crippen molar-refractivity contribution in [3.8, 4) is 23.0 Å². The minimum absolute atomic E-state index is 0.0690. The van der Waals surface area contributed by atoms with E-state index in [4.69, 9.17) is 24.0 Å². The number of hydrogen-bond acceptors (Lipinski definition) is 8. The highest BCUT2D eigenvalue weighted by Gasteiger charge is 2.33. The first-order valence-electron chi connectivity index (χ1n) is 9.81. The maximum Gasteiger partial charge on any atom is 0.206 e. The van der Waals surface area contributed by atoms with Crippen LogP contribution < -0.4 is 24.0 Å². The fourth-order valence-corrected chi connectivity index (χ4v) is 4.47. The topological polar surface area (TPSA) is 65.4 Å². The molecule has 0 radical (unpaired) electrons. The number of hydrogen-bond donors (Lipinski definition) is 0. The van der Waals surface area contributed by atoms with Gasteiger partial charge in [-0.3, -0.25) is 0 Å². The van der Waals surface area contributed by atoms with Gasteiger partial charge >= 0.3 is 0 Å². The largest absolute Gasteiger partial charge is 0.497 e. The minimum atomic E-state index is -0.0690. The SMILES string of the molecule is COc1cccc(C2=NN(c3nc(C)cs3)[C@H](c3cc(OC)c(OC)c(OC)c3)C2)c1. The van der Waals surface area contributed by atoms with Crippen LogP contribution in [-0.4, -0.2) is 39.1 Å². The number of anilines is 1. The van der Waals surface area contributed by atoms with E-state index in [2.05, 4.69) is 4.98 Å². The van der Waals surface area contributed by atoms with Crippen LogP contribution in [0.5, 0.6) is 23.0 Å². The van der Waals surface area contributed by atoms with E-state index in [0.29, 0.717) is 23.7 Å². The molecule has 162 valence electrons. The average Bonchev–Trinajstić information content (AvgIpc) is 3.44. The van der Waals surface area contributed by atoms with E-state index >= 15 is 0 Å². The van der Waals surface area contributed by atoms with E-state index in [-0.39, 0.29) is 6.04 Å². The first kappa shape index (κ1) is 21.0. The average molecular weight is 440 g/mol.